The van der Waals surface area contributed by atoms with Crippen molar-refractivity contribution in [2.75, 3.05) is 12.3 Å². The van der Waals surface area contributed by atoms with E-state index >= 15 is 0 Å². The van der Waals surface area contributed by atoms with Crippen LogP contribution in [0.1, 0.15) is 28.4 Å². The van der Waals surface area contributed by atoms with Crippen LogP contribution in [0.2, 0.25) is 5.02 Å². The second-order valence-corrected chi connectivity index (χ2v) is 5.31. The summed E-state index contributed by atoms with van der Waals surface area (Å²) in [5.74, 6) is 0.588. The summed E-state index contributed by atoms with van der Waals surface area (Å²) in [5.41, 5.74) is 7.55. The van der Waals surface area contributed by atoms with Gasteiger partial charge in [0.2, 0.25) is 0 Å². The van der Waals surface area contributed by atoms with Gasteiger partial charge in [-0.2, -0.15) is 0 Å². The van der Waals surface area contributed by atoms with E-state index in [1.165, 1.54) is 0 Å². The van der Waals surface area contributed by atoms with Gasteiger partial charge in [0.15, 0.2) is 0 Å². The quantitative estimate of drug-likeness (QED) is 0.837. The number of amides is 1. The van der Waals surface area contributed by atoms with E-state index in [4.69, 9.17) is 22.1 Å². The maximum Gasteiger partial charge on any atom is 0.253 e. The number of hydrogen-bond acceptors (Lipinski definition) is 3. The first-order chi connectivity index (χ1) is 10.2. The van der Waals surface area contributed by atoms with Gasteiger partial charge in [-0.05, 0) is 18.2 Å². The van der Waals surface area contributed by atoms with E-state index in [1.807, 2.05) is 24.3 Å². The van der Waals surface area contributed by atoms with Crippen molar-refractivity contribution in [3.63, 3.8) is 0 Å². The Morgan fingerprint density at radius 2 is 2.05 bits per heavy atom. The highest BCUT2D eigenvalue weighted by Gasteiger charge is 2.23. The fourth-order valence-corrected chi connectivity index (χ4v) is 2.64. The van der Waals surface area contributed by atoms with Crippen molar-refractivity contribution < 1.29 is 9.53 Å². The highest BCUT2D eigenvalue weighted by Crippen LogP contribution is 2.32. The smallest absolute Gasteiger partial charge is 0.253 e. The number of carbonyl (C=O) groups excluding carboxylic acids is 1. The van der Waals surface area contributed by atoms with Crippen LogP contribution in [0.25, 0.3) is 0 Å². The largest absolute Gasteiger partial charge is 0.493 e. The molecule has 1 heterocycles. The Bertz CT molecular complexity index is 688. The predicted molar refractivity (Wildman–Crippen MR) is 82.6 cm³/mol. The Morgan fingerprint density at radius 1 is 1.24 bits per heavy atom. The molecule has 0 saturated carbocycles. The number of carbonyl (C=O) groups is 1. The highest BCUT2D eigenvalue weighted by atomic mass is 35.5. The Labute approximate surface area is 127 Å². The lowest BCUT2D eigenvalue weighted by atomic mass is 10.00. The molecule has 3 N–H and O–H groups in total. The number of nitrogen functional groups attached to an aromatic ring is 1. The molecule has 108 valence electrons. The van der Waals surface area contributed by atoms with Gasteiger partial charge in [-0.15, -0.1) is 0 Å². The molecule has 1 unspecified atom stereocenters. The third kappa shape index (κ3) is 2.67. The minimum atomic E-state index is -0.225. The van der Waals surface area contributed by atoms with Crippen molar-refractivity contribution >= 4 is 23.2 Å². The first kappa shape index (κ1) is 13.8. The van der Waals surface area contributed by atoms with Crippen LogP contribution in [-0.2, 0) is 0 Å². The van der Waals surface area contributed by atoms with Gasteiger partial charge < -0.3 is 15.8 Å². The molecule has 3 rings (SSSR count). The fraction of sp³-hybridized carbons (Fsp3) is 0.188. The van der Waals surface area contributed by atoms with E-state index in [0.29, 0.717) is 22.9 Å². The molecule has 0 bridgehead atoms. The molecule has 0 aliphatic carbocycles. The summed E-state index contributed by atoms with van der Waals surface area (Å²) in [6.45, 7) is 0.576. The molecule has 0 fully saturated rings. The lowest BCUT2D eigenvalue weighted by molar-refractivity contribution is 0.0925. The molecule has 21 heavy (non-hydrogen) atoms. The summed E-state index contributed by atoms with van der Waals surface area (Å²) in [4.78, 5) is 12.4. The molecular weight excluding hydrogens is 288 g/mol. The minimum absolute atomic E-state index is 0.0826. The maximum absolute atomic E-state index is 12.4. The monoisotopic (exact) mass is 302 g/mol. The summed E-state index contributed by atoms with van der Waals surface area (Å²) < 4.78 is 5.59. The van der Waals surface area contributed by atoms with E-state index in [2.05, 4.69) is 5.32 Å². The van der Waals surface area contributed by atoms with E-state index in [0.717, 1.165) is 17.7 Å². The lowest BCUT2D eigenvalue weighted by Crippen LogP contribution is -2.32. The summed E-state index contributed by atoms with van der Waals surface area (Å²) >= 11 is 5.96. The Hall–Kier alpha value is -2.20. The number of hydrogen-bond donors (Lipinski definition) is 2. The van der Waals surface area contributed by atoms with Gasteiger partial charge in [0.25, 0.3) is 5.91 Å². The number of rotatable bonds is 2. The van der Waals surface area contributed by atoms with Gasteiger partial charge in [-0.3, -0.25) is 4.79 Å². The summed E-state index contributed by atoms with van der Waals surface area (Å²) in [6, 6.07) is 12.7. The van der Waals surface area contributed by atoms with E-state index in [9.17, 15) is 4.79 Å². The standard InChI is InChI=1S/C16H15ClN2O2/c17-12-6-3-5-11(15(12)18)16(20)19-13-8-9-21-14-7-2-1-4-10(13)14/h1-7,13H,8-9,18H2,(H,19,20). The number of anilines is 1. The molecule has 2 aromatic rings. The van der Waals surface area contributed by atoms with Crippen LogP contribution in [-0.4, -0.2) is 12.5 Å². The number of nitrogens with one attached hydrogen (secondary N) is 1. The number of fused-ring (bicyclic) bond motifs is 1. The molecular formula is C16H15ClN2O2. The SMILES string of the molecule is Nc1c(Cl)cccc1C(=O)NC1CCOc2ccccc21. The van der Waals surface area contributed by atoms with Gasteiger partial charge in [-0.25, -0.2) is 0 Å². The predicted octanol–water partition coefficient (Wildman–Crippen LogP) is 3.18. The van der Waals surface area contributed by atoms with Gasteiger partial charge in [0, 0.05) is 12.0 Å². The number of benzene rings is 2. The van der Waals surface area contributed by atoms with Crippen LogP contribution in [0.3, 0.4) is 0 Å². The second-order valence-electron chi connectivity index (χ2n) is 4.90. The number of nitrogens with two attached hydrogens (primary N) is 1. The maximum atomic E-state index is 12.4. The van der Waals surface area contributed by atoms with Gasteiger partial charge in [-0.1, -0.05) is 35.9 Å². The first-order valence-corrected chi connectivity index (χ1v) is 7.11. The molecule has 5 heteroatoms. The molecule has 0 spiro atoms. The number of para-hydroxylation sites is 2. The number of halogens is 1. The van der Waals surface area contributed by atoms with Gasteiger partial charge in [0.05, 0.1) is 28.9 Å². The van der Waals surface area contributed by atoms with Gasteiger partial charge >= 0.3 is 0 Å². The lowest BCUT2D eigenvalue weighted by Gasteiger charge is -2.26. The first-order valence-electron chi connectivity index (χ1n) is 6.73. The molecule has 0 saturated heterocycles. The molecule has 1 amide bonds. The van der Waals surface area contributed by atoms with Crippen molar-refractivity contribution in [3.05, 3.63) is 58.6 Å². The molecule has 0 aromatic heterocycles. The van der Waals surface area contributed by atoms with Gasteiger partial charge in [0.1, 0.15) is 5.75 Å². The van der Waals surface area contributed by atoms with Crippen molar-refractivity contribution in [1.29, 1.82) is 0 Å². The van der Waals surface area contributed by atoms with Crippen molar-refractivity contribution in [2.45, 2.75) is 12.5 Å². The zero-order valence-electron chi connectivity index (χ0n) is 11.3. The van der Waals surface area contributed by atoms with Crippen LogP contribution < -0.4 is 15.8 Å². The van der Waals surface area contributed by atoms with Crippen LogP contribution in [0.15, 0.2) is 42.5 Å². The van der Waals surface area contributed by atoms with E-state index in [1.54, 1.807) is 18.2 Å². The van der Waals surface area contributed by atoms with E-state index in [-0.39, 0.29) is 11.9 Å². The normalized spacial score (nSPS) is 16.7. The Morgan fingerprint density at radius 3 is 2.90 bits per heavy atom. The zero-order chi connectivity index (χ0) is 14.8. The average molecular weight is 303 g/mol. The minimum Gasteiger partial charge on any atom is -0.493 e. The Kier molecular flexibility index (Phi) is 3.71. The van der Waals surface area contributed by atoms with Crippen molar-refractivity contribution in [3.8, 4) is 5.75 Å². The third-order valence-corrected chi connectivity index (χ3v) is 3.89. The molecule has 1 aliphatic rings. The summed E-state index contributed by atoms with van der Waals surface area (Å²) in [5, 5.41) is 3.39. The molecule has 2 aromatic carbocycles. The van der Waals surface area contributed by atoms with Crippen molar-refractivity contribution in [2.24, 2.45) is 0 Å². The van der Waals surface area contributed by atoms with Crippen LogP contribution in [0.5, 0.6) is 5.75 Å². The van der Waals surface area contributed by atoms with E-state index < -0.39 is 0 Å². The Balaban J connectivity index is 1.85. The van der Waals surface area contributed by atoms with Crippen molar-refractivity contribution in [1.82, 2.24) is 5.32 Å². The highest BCUT2D eigenvalue weighted by molar-refractivity contribution is 6.33. The summed E-state index contributed by atoms with van der Waals surface area (Å²) in [7, 11) is 0. The summed E-state index contributed by atoms with van der Waals surface area (Å²) in [6.07, 6.45) is 0.725. The second kappa shape index (κ2) is 5.66. The molecule has 4 nitrogen and oxygen atoms in total. The third-order valence-electron chi connectivity index (χ3n) is 3.56. The topological polar surface area (TPSA) is 64.4 Å². The van der Waals surface area contributed by atoms with Crippen LogP contribution in [0.4, 0.5) is 5.69 Å². The van der Waals surface area contributed by atoms with Crippen LogP contribution in [0, 0.1) is 0 Å². The zero-order valence-corrected chi connectivity index (χ0v) is 12.1. The fourth-order valence-electron chi connectivity index (χ4n) is 2.46. The molecule has 0 radical (unpaired) electrons. The average Bonchev–Trinajstić information content (AvgIpc) is 2.50. The van der Waals surface area contributed by atoms with Crippen LogP contribution >= 0.6 is 11.6 Å². The number of ether oxygens (including phenoxy) is 1. The molecule has 1 aliphatic heterocycles. The molecule has 1 atom stereocenters.